The third-order valence-electron chi connectivity index (χ3n) is 2.67. The second kappa shape index (κ2) is 6.60. The number of rotatable bonds is 4. The molecule has 0 amide bonds. The summed E-state index contributed by atoms with van der Waals surface area (Å²) in [7, 11) is 0. The molecule has 1 nitrogen and oxygen atoms in total. The van der Waals surface area contributed by atoms with E-state index in [1.807, 2.05) is 30.3 Å². The maximum atomic E-state index is 13.8. The lowest BCUT2D eigenvalue weighted by atomic mass is 10.1. The molecule has 0 aliphatic heterocycles. The second-order valence-electron chi connectivity index (χ2n) is 3.97. The van der Waals surface area contributed by atoms with Gasteiger partial charge in [0, 0.05) is 16.5 Å². The number of hydrogen-bond acceptors (Lipinski definition) is 2. The van der Waals surface area contributed by atoms with Crippen molar-refractivity contribution in [2.75, 3.05) is 0 Å². The number of benzene rings is 2. The Morgan fingerprint density at radius 2 is 1.74 bits per heavy atom. The summed E-state index contributed by atoms with van der Waals surface area (Å²) < 4.78 is 13.8. The van der Waals surface area contributed by atoms with Crippen molar-refractivity contribution < 1.29 is 4.39 Å². The fourth-order valence-electron chi connectivity index (χ4n) is 1.66. The number of nitrogens with zero attached hydrogens (tertiary/aromatic N) is 1. The zero-order valence-electron chi connectivity index (χ0n) is 10.1. The first-order valence-electron chi connectivity index (χ1n) is 5.71. The summed E-state index contributed by atoms with van der Waals surface area (Å²) in [5.41, 5.74) is 1.68. The average Bonchev–Trinajstić information content (AvgIpc) is 2.43. The quantitative estimate of drug-likeness (QED) is 0.809. The van der Waals surface area contributed by atoms with Gasteiger partial charge in [0.25, 0.3) is 0 Å². The molecule has 0 fully saturated rings. The highest BCUT2D eigenvalue weighted by molar-refractivity contribution is 7.97. The van der Waals surface area contributed by atoms with E-state index >= 15 is 0 Å². The average molecular weight is 292 g/mol. The molecule has 0 heterocycles. The predicted octanol–water partition coefficient (Wildman–Crippen LogP) is 4.78. The van der Waals surface area contributed by atoms with Gasteiger partial charge in [-0.15, -0.1) is 0 Å². The fourth-order valence-corrected chi connectivity index (χ4v) is 2.96. The highest BCUT2D eigenvalue weighted by Crippen LogP contribution is 2.24. The first-order chi connectivity index (χ1) is 9.22. The molecule has 4 heteroatoms. The molecule has 2 rings (SSSR count). The van der Waals surface area contributed by atoms with E-state index < -0.39 is 5.82 Å². The molecule has 2 aromatic carbocycles. The van der Waals surface area contributed by atoms with Gasteiger partial charge in [-0.1, -0.05) is 41.9 Å². The smallest absolute Gasteiger partial charge is 0.144 e. The van der Waals surface area contributed by atoms with Gasteiger partial charge in [-0.25, -0.2) is 4.39 Å². The first-order valence-corrected chi connectivity index (χ1v) is 7.24. The maximum Gasteiger partial charge on any atom is 0.144 e. The molecule has 96 valence electrons. The van der Waals surface area contributed by atoms with Gasteiger partial charge in [0.05, 0.1) is 5.56 Å². The van der Waals surface area contributed by atoms with E-state index in [0.29, 0.717) is 11.3 Å². The monoisotopic (exact) mass is 291 g/mol. The minimum Gasteiger partial charge on any atom is -0.205 e. The van der Waals surface area contributed by atoms with Crippen molar-refractivity contribution in [2.45, 2.75) is 11.5 Å². The van der Waals surface area contributed by atoms with Crippen molar-refractivity contribution in [3.05, 3.63) is 70.0 Å². The van der Waals surface area contributed by atoms with Gasteiger partial charge >= 0.3 is 0 Å². The second-order valence-corrected chi connectivity index (χ2v) is 5.37. The molecule has 0 spiro atoms. The molecule has 0 bridgehead atoms. The van der Waals surface area contributed by atoms with E-state index in [9.17, 15) is 4.39 Å². The van der Waals surface area contributed by atoms with Gasteiger partial charge in [-0.05, 0) is 23.3 Å². The molecule has 0 radical (unpaired) electrons. The van der Waals surface area contributed by atoms with Crippen molar-refractivity contribution >= 4 is 23.4 Å². The number of nitriles is 1. The highest BCUT2D eigenvalue weighted by Gasteiger charge is 2.07. The van der Waals surface area contributed by atoms with Crippen LogP contribution >= 0.6 is 23.4 Å². The lowest BCUT2D eigenvalue weighted by molar-refractivity contribution is 0.613. The summed E-state index contributed by atoms with van der Waals surface area (Å²) in [5.74, 6) is 0.819. The van der Waals surface area contributed by atoms with Crippen molar-refractivity contribution in [2.24, 2.45) is 0 Å². The zero-order valence-corrected chi connectivity index (χ0v) is 11.6. The third kappa shape index (κ3) is 3.50. The van der Waals surface area contributed by atoms with Crippen LogP contribution in [0.4, 0.5) is 4.39 Å². The molecule has 0 saturated carbocycles. The van der Waals surface area contributed by atoms with Crippen LogP contribution in [0.2, 0.25) is 5.02 Å². The van der Waals surface area contributed by atoms with Crippen molar-refractivity contribution in [3.8, 4) is 6.07 Å². The zero-order chi connectivity index (χ0) is 13.7. The van der Waals surface area contributed by atoms with Crippen LogP contribution in [0.5, 0.6) is 0 Å². The minimum atomic E-state index is -0.420. The molecule has 2 aromatic rings. The third-order valence-corrected chi connectivity index (χ3v) is 4.07. The van der Waals surface area contributed by atoms with Crippen LogP contribution in [0.25, 0.3) is 0 Å². The summed E-state index contributed by atoms with van der Waals surface area (Å²) in [4.78, 5) is 0. The Balaban J connectivity index is 2.01. The van der Waals surface area contributed by atoms with Gasteiger partial charge in [-0.3, -0.25) is 0 Å². The van der Waals surface area contributed by atoms with E-state index in [2.05, 4.69) is 0 Å². The molecule has 0 aliphatic carbocycles. The van der Waals surface area contributed by atoms with Gasteiger partial charge in [0.1, 0.15) is 11.9 Å². The maximum absolute atomic E-state index is 13.8. The van der Waals surface area contributed by atoms with Gasteiger partial charge in [0.15, 0.2) is 0 Å². The van der Waals surface area contributed by atoms with Crippen LogP contribution in [0.3, 0.4) is 0 Å². The number of thioether (sulfide) groups is 1. The Kier molecular flexibility index (Phi) is 4.84. The Bertz CT molecular complexity index is 622. The van der Waals surface area contributed by atoms with E-state index in [1.165, 1.54) is 6.07 Å². The summed E-state index contributed by atoms with van der Waals surface area (Å²) in [6.45, 7) is 0. The van der Waals surface area contributed by atoms with Crippen LogP contribution in [-0.4, -0.2) is 0 Å². The highest BCUT2D eigenvalue weighted by atomic mass is 35.5. The van der Waals surface area contributed by atoms with E-state index in [-0.39, 0.29) is 5.56 Å². The molecule has 0 aliphatic rings. The molecule has 0 saturated heterocycles. The predicted molar refractivity (Wildman–Crippen MR) is 77.6 cm³/mol. The topological polar surface area (TPSA) is 23.8 Å². The standard InChI is InChI=1S/C15H11ClFNS/c16-14-7-2-1-4-12(14)9-19-10-13-6-3-5-11(8-18)15(13)17/h1-7H,9-10H2. The Morgan fingerprint density at radius 1 is 1.05 bits per heavy atom. The lowest BCUT2D eigenvalue weighted by Gasteiger charge is -2.06. The normalized spacial score (nSPS) is 10.2. The van der Waals surface area contributed by atoms with E-state index in [0.717, 1.165) is 16.3 Å². The van der Waals surface area contributed by atoms with E-state index in [4.69, 9.17) is 16.9 Å². The summed E-state index contributed by atoms with van der Waals surface area (Å²) >= 11 is 7.63. The van der Waals surface area contributed by atoms with Gasteiger partial charge in [-0.2, -0.15) is 17.0 Å². The van der Waals surface area contributed by atoms with Crippen LogP contribution in [0.1, 0.15) is 16.7 Å². The van der Waals surface area contributed by atoms with Gasteiger partial charge < -0.3 is 0 Å². The lowest BCUT2D eigenvalue weighted by Crippen LogP contribution is -1.92. The van der Waals surface area contributed by atoms with Crippen LogP contribution in [-0.2, 0) is 11.5 Å². The summed E-state index contributed by atoms with van der Waals surface area (Å²) in [6.07, 6.45) is 0. The number of halogens is 2. The molecule has 0 atom stereocenters. The fraction of sp³-hybridized carbons (Fsp3) is 0.133. The molecule has 0 aromatic heterocycles. The molecule has 0 unspecified atom stereocenters. The Labute approximate surface area is 121 Å². The molecule has 19 heavy (non-hydrogen) atoms. The minimum absolute atomic E-state index is 0.0934. The Morgan fingerprint density at radius 3 is 2.47 bits per heavy atom. The van der Waals surface area contributed by atoms with Crippen molar-refractivity contribution in [1.29, 1.82) is 5.26 Å². The van der Waals surface area contributed by atoms with Crippen molar-refractivity contribution in [1.82, 2.24) is 0 Å². The van der Waals surface area contributed by atoms with Gasteiger partial charge in [0.2, 0.25) is 0 Å². The van der Waals surface area contributed by atoms with Crippen molar-refractivity contribution in [3.63, 3.8) is 0 Å². The molecule has 0 N–H and O–H groups in total. The van der Waals surface area contributed by atoms with E-state index in [1.54, 1.807) is 23.9 Å². The Hall–Kier alpha value is -1.50. The summed E-state index contributed by atoms with van der Waals surface area (Å²) in [6, 6.07) is 14.3. The first kappa shape index (κ1) is 13.9. The largest absolute Gasteiger partial charge is 0.205 e. The summed E-state index contributed by atoms with van der Waals surface area (Å²) in [5, 5.41) is 9.49. The van der Waals surface area contributed by atoms with Crippen LogP contribution < -0.4 is 0 Å². The molecular formula is C15H11ClFNS. The molecular weight excluding hydrogens is 281 g/mol. The van der Waals surface area contributed by atoms with Crippen LogP contribution in [0.15, 0.2) is 42.5 Å². The van der Waals surface area contributed by atoms with Crippen LogP contribution in [0, 0.1) is 17.1 Å². The SMILES string of the molecule is N#Cc1cccc(CSCc2ccccc2Cl)c1F. The number of hydrogen-bond donors (Lipinski definition) is 0.